The molecule has 0 aliphatic carbocycles. The zero-order valence-electron chi connectivity index (χ0n) is 18.0. The summed E-state index contributed by atoms with van der Waals surface area (Å²) in [4.78, 5) is 25.4. The first-order valence-corrected chi connectivity index (χ1v) is 10.4. The summed E-state index contributed by atoms with van der Waals surface area (Å²) in [5.41, 5.74) is 9.08. The summed E-state index contributed by atoms with van der Waals surface area (Å²) < 4.78 is 21.7. The number of anilines is 1. The van der Waals surface area contributed by atoms with Gasteiger partial charge < -0.3 is 10.5 Å². The number of nitriles is 1. The highest BCUT2D eigenvalue weighted by atomic mass is 19.1. The second kappa shape index (κ2) is 8.26. The number of aromatic nitrogens is 4. The number of carbonyl (C=O) groups is 1. The van der Waals surface area contributed by atoms with Gasteiger partial charge in [0.2, 0.25) is 0 Å². The number of hydrogen-bond donors (Lipinski definition) is 1. The van der Waals surface area contributed by atoms with Gasteiger partial charge in [-0.1, -0.05) is 18.2 Å². The van der Waals surface area contributed by atoms with Crippen LogP contribution in [0.3, 0.4) is 0 Å². The van der Waals surface area contributed by atoms with Crippen molar-refractivity contribution in [2.24, 2.45) is 0 Å². The molecular formula is C25H17FN6O2. The lowest BCUT2D eigenvalue weighted by molar-refractivity contribution is 0.0520. The molecule has 0 fully saturated rings. The van der Waals surface area contributed by atoms with Gasteiger partial charge in [0, 0.05) is 28.9 Å². The van der Waals surface area contributed by atoms with E-state index in [2.05, 4.69) is 21.0 Å². The van der Waals surface area contributed by atoms with Crippen molar-refractivity contribution in [2.75, 3.05) is 12.3 Å². The van der Waals surface area contributed by atoms with Crippen molar-refractivity contribution in [1.82, 2.24) is 19.4 Å². The molecule has 0 aliphatic heterocycles. The number of nitrogens with two attached hydrogens (primary N) is 1. The lowest BCUT2D eigenvalue weighted by atomic mass is 10.0. The van der Waals surface area contributed by atoms with Crippen molar-refractivity contribution < 1.29 is 13.9 Å². The van der Waals surface area contributed by atoms with Crippen LogP contribution in [-0.4, -0.2) is 31.9 Å². The average molecular weight is 452 g/mol. The number of fused-ring (bicyclic) bond motifs is 2. The Balaban J connectivity index is 1.87. The van der Waals surface area contributed by atoms with Gasteiger partial charge in [-0.05, 0) is 37.3 Å². The number of nitrogens with zero attached hydrogens (tertiary/aromatic N) is 5. The second-order valence-corrected chi connectivity index (χ2v) is 7.46. The molecule has 0 amide bonds. The van der Waals surface area contributed by atoms with Crippen LogP contribution in [0.4, 0.5) is 10.2 Å². The summed E-state index contributed by atoms with van der Waals surface area (Å²) >= 11 is 0. The van der Waals surface area contributed by atoms with Gasteiger partial charge in [0.25, 0.3) is 0 Å². The van der Waals surface area contributed by atoms with Crippen LogP contribution >= 0.6 is 0 Å². The molecule has 0 aliphatic rings. The average Bonchev–Trinajstić information content (AvgIpc) is 3.30. The van der Waals surface area contributed by atoms with E-state index in [0.717, 1.165) is 0 Å². The number of imidazole rings is 1. The molecule has 0 radical (unpaired) electrons. The van der Waals surface area contributed by atoms with Crippen LogP contribution in [-0.2, 0) is 4.74 Å². The summed E-state index contributed by atoms with van der Waals surface area (Å²) in [6.45, 7) is 1.88. The van der Waals surface area contributed by atoms with Gasteiger partial charge in [0.05, 0.1) is 29.6 Å². The number of ether oxygens (including phenoxy) is 1. The highest BCUT2D eigenvalue weighted by molar-refractivity contribution is 5.92. The minimum Gasteiger partial charge on any atom is -0.461 e. The Hall–Kier alpha value is -4.84. The number of hydrogen-bond acceptors (Lipinski definition) is 7. The summed E-state index contributed by atoms with van der Waals surface area (Å²) in [7, 11) is 0. The van der Waals surface area contributed by atoms with Crippen molar-refractivity contribution in [1.29, 1.82) is 5.26 Å². The molecule has 166 valence electrons. The molecule has 5 aromatic rings. The van der Waals surface area contributed by atoms with Crippen molar-refractivity contribution in [2.45, 2.75) is 6.92 Å². The lowest BCUT2D eigenvalue weighted by Gasteiger charge is -2.14. The normalized spacial score (nSPS) is 11.0. The third-order valence-corrected chi connectivity index (χ3v) is 5.31. The number of benzene rings is 2. The van der Waals surface area contributed by atoms with E-state index in [9.17, 15) is 10.1 Å². The fourth-order valence-electron chi connectivity index (χ4n) is 3.87. The van der Waals surface area contributed by atoms with Gasteiger partial charge in [-0.15, -0.1) is 0 Å². The van der Waals surface area contributed by atoms with Crippen LogP contribution in [0.2, 0.25) is 0 Å². The smallest absolute Gasteiger partial charge is 0.358 e. The Morgan fingerprint density at radius 2 is 2.03 bits per heavy atom. The van der Waals surface area contributed by atoms with Gasteiger partial charge in [-0.3, -0.25) is 9.38 Å². The fraction of sp³-hybridized carbons (Fsp3) is 0.0800. The zero-order valence-corrected chi connectivity index (χ0v) is 18.0. The number of rotatable bonds is 4. The fourth-order valence-corrected chi connectivity index (χ4v) is 3.87. The second-order valence-electron chi connectivity index (χ2n) is 7.46. The monoisotopic (exact) mass is 452 g/mol. The van der Waals surface area contributed by atoms with Crippen molar-refractivity contribution >= 4 is 28.3 Å². The van der Waals surface area contributed by atoms with Crippen molar-refractivity contribution in [3.63, 3.8) is 0 Å². The van der Waals surface area contributed by atoms with Gasteiger partial charge >= 0.3 is 5.97 Å². The zero-order chi connectivity index (χ0) is 23.8. The first-order chi connectivity index (χ1) is 16.5. The predicted molar refractivity (Wildman–Crippen MR) is 124 cm³/mol. The standard InChI is InChI=1S/C25H17FN6O2/c1-2-34-25(33)19-13-32-22(17-10-16-7-4-8-29-20(16)18(26)11-17)21(31-23(28)24(32)30-19)15-6-3-5-14(9-15)12-27/h3-11,13H,2H2,1H3,(H2,28,31). The maximum absolute atomic E-state index is 15.0. The van der Waals surface area contributed by atoms with Crippen LogP contribution in [0.15, 0.2) is 60.9 Å². The molecule has 2 aromatic carbocycles. The van der Waals surface area contributed by atoms with E-state index in [0.29, 0.717) is 33.5 Å². The molecule has 2 N–H and O–H groups in total. The predicted octanol–water partition coefficient (Wildman–Crippen LogP) is 4.38. The number of pyridine rings is 1. The summed E-state index contributed by atoms with van der Waals surface area (Å²) in [5.74, 6) is -1.06. The first-order valence-electron chi connectivity index (χ1n) is 10.4. The lowest BCUT2D eigenvalue weighted by Crippen LogP contribution is -2.04. The molecule has 0 bridgehead atoms. The maximum atomic E-state index is 15.0. The van der Waals surface area contributed by atoms with Crippen molar-refractivity contribution in [3.05, 3.63) is 78.0 Å². The molecule has 8 nitrogen and oxygen atoms in total. The van der Waals surface area contributed by atoms with E-state index in [1.807, 2.05) is 0 Å². The van der Waals surface area contributed by atoms with Gasteiger partial charge in [0.15, 0.2) is 17.2 Å². The van der Waals surface area contributed by atoms with Crippen LogP contribution in [0, 0.1) is 17.1 Å². The number of halogens is 1. The molecule has 0 saturated heterocycles. The SMILES string of the molecule is CCOC(=O)c1cn2c(-c3cc(F)c4ncccc4c3)c(-c3cccc(C#N)c3)nc(N)c2n1. The van der Waals surface area contributed by atoms with Crippen molar-refractivity contribution in [3.8, 4) is 28.6 Å². The number of nitrogen functional groups attached to an aromatic ring is 1. The Labute approximate surface area is 193 Å². The molecule has 3 aromatic heterocycles. The summed E-state index contributed by atoms with van der Waals surface area (Å²) in [5, 5.41) is 9.96. The molecule has 0 saturated carbocycles. The molecule has 9 heteroatoms. The highest BCUT2D eigenvalue weighted by Crippen LogP contribution is 2.35. The highest BCUT2D eigenvalue weighted by Gasteiger charge is 2.22. The minimum atomic E-state index is -0.613. The Morgan fingerprint density at radius 3 is 2.82 bits per heavy atom. The quantitative estimate of drug-likeness (QED) is 0.402. The van der Waals surface area contributed by atoms with Crippen LogP contribution < -0.4 is 5.73 Å². The third-order valence-electron chi connectivity index (χ3n) is 5.31. The Bertz CT molecular complexity index is 1640. The van der Waals surface area contributed by atoms with E-state index < -0.39 is 11.8 Å². The maximum Gasteiger partial charge on any atom is 0.358 e. The van der Waals surface area contributed by atoms with Crippen LogP contribution in [0.1, 0.15) is 23.0 Å². The van der Waals surface area contributed by atoms with E-state index >= 15 is 4.39 Å². The Morgan fingerprint density at radius 1 is 1.18 bits per heavy atom. The van der Waals surface area contributed by atoms with Crippen LogP contribution in [0.25, 0.3) is 39.1 Å². The van der Waals surface area contributed by atoms with E-state index in [4.69, 9.17) is 10.5 Å². The van der Waals surface area contributed by atoms with E-state index in [1.54, 1.807) is 53.8 Å². The third kappa shape index (κ3) is 3.47. The summed E-state index contributed by atoms with van der Waals surface area (Å²) in [6, 6.07) is 15.5. The van der Waals surface area contributed by atoms with Crippen LogP contribution in [0.5, 0.6) is 0 Å². The first kappa shape index (κ1) is 21.0. The number of carbonyl (C=O) groups excluding carboxylic acids is 1. The van der Waals surface area contributed by atoms with Gasteiger partial charge in [0.1, 0.15) is 11.3 Å². The number of esters is 1. The van der Waals surface area contributed by atoms with E-state index in [1.165, 1.54) is 18.5 Å². The molecular weight excluding hydrogens is 435 g/mol. The molecule has 34 heavy (non-hydrogen) atoms. The van der Waals surface area contributed by atoms with Gasteiger partial charge in [-0.25, -0.2) is 19.2 Å². The molecule has 0 spiro atoms. The largest absolute Gasteiger partial charge is 0.461 e. The van der Waals surface area contributed by atoms with Gasteiger partial charge in [-0.2, -0.15) is 5.26 Å². The molecule has 0 unspecified atom stereocenters. The molecule has 0 atom stereocenters. The summed E-state index contributed by atoms with van der Waals surface area (Å²) in [6.07, 6.45) is 3.01. The Kier molecular flexibility index (Phi) is 5.11. The molecule has 5 rings (SSSR count). The topological polar surface area (TPSA) is 119 Å². The molecule has 3 heterocycles. The minimum absolute atomic E-state index is 0.0439. The van der Waals surface area contributed by atoms with E-state index in [-0.39, 0.29) is 29.3 Å².